The second kappa shape index (κ2) is 8.09. The standard InChI is InChI=1S/C20H17FN4O2/c1-13(26)23-16-6-2-14(3-7-16)20(27)25-19-12-22-11-10-18(19)24-17-8-4-15(21)5-9-17/h2-12H,1H3,(H,22,24)(H,23,26)(H,25,27). The lowest BCUT2D eigenvalue weighted by Crippen LogP contribution is -2.13. The van der Waals surface area contributed by atoms with E-state index in [2.05, 4.69) is 20.9 Å². The van der Waals surface area contributed by atoms with Crippen LogP contribution in [-0.4, -0.2) is 16.8 Å². The lowest BCUT2D eigenvalue weighted by Gasteiger charge is -2.13. The number of carbonyl (C=O) groups is 2. The van der Waals surface area contributed by atoms with Crippen LogP contribution in [0.1, 0.15) is 17.3 Å². The van der Waals surface area contributed by atoms with Gasteiger partial charge in [0.1, 0.15) is 5.82 Å². The van der Waals surface area contributed by atoms with E-state index in [0.717, 1.165) is 0 Å². The molecule has 27 heavy (non-hydrogen) atoms. The Morgan fingerprint density at radius 3 is 2.19 bits per heavy atom. The number of halogens is 1. The third-order valence-electron chi connectivity index (χ3n) is 3.66. The molecule has 0 saturated heterocycles. The van der Waals surface area contributed by atoms with Crippen molar-refractivity contribution in [2.45, 2.75) is 6.92 Å². The number of carbonyl (C=O) groups excluding carboxylic acids is 2. The van der Waals surface area contributed by atoms with Crippen molar-refractivity contribution in [1.82, 2.24) is 4.98 Å². The predicted octanol–water partition coefficient (Wildman–Crippen LogP) is 4.18. The normalized spacial score (nSPS) is 10.1. The molecule has 0 saturated carbocycles. The van der Waals surface area contributed by atoms with Crippen molar-refractivity contribution >= 4 is 34.6 Å². The summed E-state index contributed by atoms with van der Waals surface area (Å²) >= 11 is 0. The lowest BCUT2D eigenvalue weighted by atomic mass is 10.2. The zero-order valence-corrected chi connectivity index (χ0v) is 14.5. The Hall–Kier alpha value is -3.74. The van der Waals surface area contributed by atoms with Gasteiger partial charge in [0.05, 0.1) is 17.6 Å². The number of aromatic nitrogens is 1. The molecule has 7 heteroatoms. The number of pyridine rings is 1. The maximum absolute atomic E-state index is 13.0. The molecule has 0 spiro atoms. The summed E-state index contributed by atoms with van der Waals surface area (Å²) in [6, 6.07) is 14.1. The summed E-state index contributed by atoms with van der Waals surface area (Å²) in [5.41, 5.74) is 2.83. The van der Waals surface area contributed by atoms with Crippen molar-refractivity contribution in [2.24, 2.45) is 0 Å². The second-order valence-corrected chi connectivity index (χ2v) is 5.77. The first-order valence-corrected chi connectivity index (χ1v) is 8.17. The quantitative estimate of drug-likeness (QED) is 0.634. The van der Waals surface area contributed by atoms with Gasteiger partial charge in [-0.25, -0.2) is 4.39 Å². The number of nitrogens with one attached hydrogen (secondary N) is 3. The van der Waals surface area contributed by atoms with E-state index < -0.39 is 0 Å². The summed E-state index contributed by atoms with van der Waals surface area (Å²) in [4.78, 5) is 27.6. The van der Waals surface area contributed by atoms with Crippen LogP contribution in [0.15, 0.2) is 67.0 Å². The average Bonchev–Trinajstić information content (AvgIpc) is 2.65. The summed E-state index contributed by atoms with van der Waals surface area (Å²) in [7, 11) is 0. The van der Waals surface area contributed by atoms with E-state index in [9.17, 15) is 14.0 Å². The van der Waals surface area contributed by atoms with Crippen LogP contribution in [-0.2, 0) is 4.79 Å². The number of hydrogen-bond acceptors (Lipinski definition) is 4. The van der Waals surface area contributed by atoms with Gasteiger partial charge in [0.15, 0.2) is 0 Å². The van der Waals surface area contributed by atoms with Crippen molar-refractivity contribution in [3.63, 3.8) is 0 Å². The largest absolute Gasteiger partial charge is 0.354 e. The second-order valence-electron chi connectivity index (χ2n) is 5.77. The topological polar surface area (TPSA) is 83.1 Å². The van der Waals surface area contributed by atoms with Gasteiger partial charge in [-0.1, -0.05) is 0 Å². The van der Waals surface area contributed by atoms with Gasteiger partial charge in [0.2, 0.25) is 5.91 Å². The summed E-state index contributed by atoms with van der Waals surface area (Å²) in [5.74, 6) is -0.829. The molecule has 0 aliphatic rings. The van der Waals surface area contributed by atoms with Gasteiger partial charge < -0.3 is 16.0 Å². The monoisotopic (exact) mass is 364 g/mol. The van der Waals surface area contributed by atoms with E-state index >= 15 is 0 Å². The van der Waals surface area contributed by atoms with Crippen LogP contribution >= 0.6 is 0 Å². The van der Waals surface area contributed by atoms with E-state index in [1.807, 2.05) is 0 Å². The molecule has 0 aliphatic heterocycles. The van der Waals surface area contributed by atoms with Crippen LogP contribution in [0.3, 0.4) is 0 Å². The molecule has 136 valence electrons. The van der Waals surface area contributed by atoms with E-state index in [1.165, 1.54) is 25.3 Å². The first-order chi connectivity index (χ1) is 13.0. The Balaban J connectivity index is 1.74. The molecule has 0 fully saturated rings. The highest BCUT2D eigenvalue weighted by Crippen LogP contribution is 2.25. The minimum absolute atomic E-state index is 0.181. The van der Waals surface area contributed by atoms with E-state index in [4.69, 9.17) is 0 Å². The summed E-state index contributed by atoms with van der Waals surface area (Å²) in [6.45, 7) is 1.42. The molecule has 0 atom stereocenters. The molecule has 6 nitrogen and oxygen atoms in total. The number of anilines is 4. The number of benzene rings is 2. The van der Waals surface area contributed by atoms with Crippen LogP contribution < -0.4 is 16.0 Å². The fraction of sp³-hybridized carbons (Fsp3) is 0.0500. The van der Waals surface area contributed by atoms with Crippen molar-refractivity contribution < 1.29 is 14.0 Å². The smallest absolute Gasteiger partial charge is 0.255 e. The maximum atomic E-state index is 13.0. The maximum Gasteiger partial charge on any atom is 0.255 e. The predicted molar refractivity (Wildman–Crippen MR) is 103 cm³/mol. The molecule has 1 heterocycles. The third kappa shape index (κ3) is 4.88. The highest BCUT2D eigenvalue weighted by atomic mass is 19.1. The molecule has 2 amide bonds. The Bertz CT molecular complexity index is 956. The molecule has 1 aromatic heterocycles. The molecular weight excluding hydrogens is 347 g/mol. The van der Waals surface area contributed by atoms with E-state index in [1.54, 1.807) is 48.7 Å². The number of hydrogen-bond donors (Lipinski definition) is 3. The van der Waals surface area contributed by atoms with E-state index in [-0.39, 0.29) is 17.6 Å². The zero-order valence-electron chi connectivity index (χ0n) is 14.5. The van der Waals surface area contributed by atoms with Crippen LogP contribution in [0.5, 0.6) is 0 Å². The Labute approximate surface area is 155 Å². The van der Waals surface area contributed by atoms with Gasteiger partial charge in [-0.2, -0.15) is 0 Å². The summed E-state index contributed by atoms with van der Waals surface area (Å²) in [6.07, 6.45) is 3.11. The van der Waals surface area contributed by atoms with Gasteiger partial charge in [-0.05, 0) is 54.6 Å². The highest BCUT2D eigenvalue weighted by molar-refractivity contribution is 6.06. The van der Waals surface area contributed by atoms with E-state index in [0.29, 0.717) is 28.3 Å². The molecular formula is C20H17FN4O2. The Morgan fingerprint density at radius 1 is 0.852 bits per heavy atom. The highest BCUT2D eigenvalue weighted by Gasteiger charge is 2.10. The van der Waals surface area contributed by atoms with Crippen LogP contribution in [0.4, 0.5) is 27.1 Å². The Kier molecular flexibility index (Phi) is 5.41. The minimum Gasteiger partial charge on any atom is -0.354 e. The summed E-state index contributed by atoms with van der Waals surface area (Å²) < 4.78 is 13.0. The number of nitrogens with zero attached hydrogens (tertiary/aromatic N) is 1. The van der Waals surface area contributed by atoms with Gasteiger partial charge in [0, 0.05) is 30.1 Å². The fourth-order valence-electron chi connectivity index (χ4n) is 2.39. The van der Waals surface area contributed by atoms with Gasteiger partial charge in [-0.15, -0.1) is 0 Å². The number of amides is 2. The molecule has 0 bridgehead atoms. The molecule has 0 unspecified atom stereocenters. The lowest BCUT2D eigenvalue weighted by molar-refractivity contribution is -0.114. The van der Waals surface area contributed by atoms with Crippen LogP contribution in [0, 0.1) is 5.82 Å². The SMILES string of the molecule is CC(=O)Nc1ccc(C(=O)Nc2cnccc2Nc2ccc(F)cc2)cc1. The molecule has 3 rings (SSSR count). The van der Waals surface area contributed by atoms with Crippen molar-refractivity contribution in [3.8, 4) is 0 Å². The third-order valence-corrected chi connectivity index (χ3v) is 3.66. The average molecular weight is 364 g/mol. The minimum atomic E-state index is -0.327. The molecule has 3 aromatic rings. The van der Waals surface area contributed by atoms with Crippen molar-refractivity contribution in [1.29, 1.82) is 0 Å². The van der Waals surface area contributed by atoms with Crippen molar-refractivity contribution in [3.05, 3.63) is 78.4 Å². The van der Waals surface area contributed by atoms with Gasteiger partial charge >= 0.3 is 0 Å². The molecule has 0 aliphatic carbocycles. The van der Waals surface area contributed by atoms with Crippen LogP contribution in [0.25, 0.3) is 0 Å². The van der Waals surface area contributed by atoms with Gasteiger partial charge in [-0.3, -0.25) is 14.6 Å². The van der Waals surface area contributed by atoms with Crippen molar-refractivity contribution in [2.75, 3.05) is 16.0 Å². The molecule has 0 radical (unpaired) electrons. The van der Waals surface area contributed by atoms with Gasteiger partial charge in [0.25, 0.3) is 5.91 Å². The first kappa shape index (κ1) is 18.1. The zero-order chi connectivity index (χ0) is 19.2. The molecule has 3 N–H and O–H groups in total. The van der Waals surface area contributed by atoms with Crippen LogP contribution in [0.2, 0.25) is 0 Å². The number of rotatable bonds is 5. The Morgan fingerprint density at radius 2 is 1.52 bits per heavy atom. The molecule has 2 aromatic carbocycles. The fourth-order valence-corrected chi connectivity index (χ4v) is 2.39. The summed E-state index contributed by atoms with van der Waals surface area (Å²) in [5, 5.41) is 8.56. The first-order valence-electron chi connectivity index (χ1n) is 8.17.